The van der Waals surface area contributed by atoms with Gasteiger partial charge >= 0.3 is 0 Å². The first kappa shape index (κ1) is 31.1. The number of benzene rings is 8. The molecule has 0 saturated carbocycles. The van der Waals surface area contributed by atoms with Crippen molar-refractivity contribution in [1.29, 1.82) is 0 Å². The summed E-state index contributed by atoms with van der Waals surface area (Å²) in [6.45, 7) is 4.72. The number of aromatic nitrogens is 1. The van der Waals surface area contributed by atoms with Crippen LogP contribution in [0, 0.1) is 0 Å². The van der Waals surface area contributed by atoms with E-state index >= 15 is 0 Å². The van der Waals surface area contributed by atoms with Crippen LogP contribution in [0.4, 0.5) is 17.1 Å². The van der Waals surface area contributed by atoms with Gasteiger partial charge in [0, 0.05) is 38.9 Å². The minimum absolute atomic E-state index is 0.114. The van der Waals surface area contributed by atoms with Crippen LogP contribution in [0.3, 0.4) is 0 Å². The van der Waals surface area contributed by atoms with Crippen LogP contribution in [0.1, 0.15) is 25.0 Å². The molecule has 10 rings (SSSR count). The van der Waals surface area contributed by atoms with E-state index in [1.165, 1.54) is 66.3 Å². The molecule has 1 aromatic heterocycles. The predicted molar refractivity (Wildman–Crippen MR) is 224 cm³/mol. The van der Waals surface area contributed by atoms with Crippen LogP contribution in [0.5, 0.6) is 0 Å². The Morgan fingerprint density at radius 1 is 0.396 bits per heavy atom. The summed E-state index contributed by atoms with van der Waals surface area (Å²) in [5.74, 6) is 0. The number of nitrogens with zero attached hydrogens (tertiary/aromatic N) is 2. The van der Waals surface area contributed by atoms with Gasteiger partial charge in [-0.3, -0.25) is 0 Å². The van der Waals surface area contributed by atoms with Gasteiger partial charge < -0.3 is 9.47 Å². The van der Waals surface area contributed by atoms with Crippen LogP contribution in [-0.2, 0) is 5.41 Å². The average Bonchev–Trinajstić information content (AvgIpc) is 3.67. The van der Waals surface area contributed by atoms with Crippen molar-refractivity contribution in [3.63, 3.8) is 0 Å². The van der Waals surface area contributed by atoms with Crippen LogP contribution in [0.2, 0.25) is 0 Å². The van der Waals surface area contributed by atoms with Crippen molar-refractivity contribution in [3.05, 3.63) is 205 Å². The highest BCUT2D eigenvalue weighted by atomic mass is 15.1. The van der Waals surface area contributed by atoms with Gasteiger partial charge in [0.1, 0.15) is 0 Å². The smallest absolute Gasteiger partial charge is 0.0562 e. The summed E-state index contributed by atoms with van der Waals surface area (Å²) in [5.41, 5.74) is 17.0. The second kappa shape index (κ2) is 12.3. The molecule has 0 spiro atoms. The van der Waals surface area contributed by atoms with Crippen LogP contribution < -0.4 is 4.90 Å². The first-order valence-corrected chi connectivity index (χ1v) is 18.4. The summed E-state index contributed by atoms with van der Waals surface area (Å²) in [5, 5.41) is 2.49. The van der Waals surface area contributed by atoms with E-state index in [4.69, 9.17) is 0 Å². The van der Waals surface area contributed by atoms with Gasteiger partial charge in [-0.25, -0.2) is 0 Å². The van der Waals surface area contributed by atoms with E-state index in [0.717, 1.165) is 22.7 Å². The standard InChI is InChI=1S/C51H38N2/c1-51(2)46-26-13-12-24-43(46)44-30-28-40(33-47(44)51)52(39-23-14-20-37(32-39)35-16-6-3-7-17-35)41-29-31-45-49(34-41)53(38-21-10-5-11-22-38)48-27-15-25-42(50(45)48)36-18-8-4-9-19-36/h3-34H,1-2H3. The number of hydrogen-bond donors (Lipinski definition) is 0. The van der Waals surface area contributed by atoms with E-state index in [1.54, 1.807) is 0 Å². The van der Waals surface area contributed by atoms with E-state index in [0.29, 0.717) is 0 Å². The van der Waals surface area contributed by atoms with Crippen molar-refractivity contribution in [2.24, 2.45) is 0 Å². The van der Waals surface area contributed by atoms with Gasteiger partial charge in [0.05, 0.1) is 11.0 Å². The molecule has 2 nitrogen and oxygen atoms in total. The Hall–Kier alpha value is -6.64. The van der Waals surface area contributed by atoms with Gasteiger partial charge in [-0.15, -0.1) is 0 Å². The third-order valence-corrected chi connectivity index (χ3v) is 11.2. The molecule has 0 aliphatic heterocycles. The van der Waals surface area contributed by atoms with Gasteiger partial charge in [-0.05, 0) is 99.1 Å². The quantitative estimate of drug-likeness (QED) is 0.170. The number of rotatable bonds is 6. The Labute approximate surface area is 310 Å². The molecule has 0 bridgehead atoms. The van der Waals surface area contributed by atoms with Crippen LogP contribution in [0.15, 0.2) is 194 Å². The van der Waals surface area contributed by atoms with Crippen molar-refractivity contribution >= 4 is 38.9 Å². The van der Waals surface area contributed by atoms with Crippen molar-refractivity contribution in [2.45, 2.75) is 19.3 Å². The number of hydrogen-bond acceptors (Lipinski definition) is 1. The van der Waals surface area contributed by atoms with E-state index < -0.39 is 0 Å². The molecule has 2 heteroatoms. The third-order valence-electron chi connectivity index (χ3n) is 11.2. The van der Waals surface area contributed by atoms with Gasteiger partial charge in [0.15, 0.2) is 0 Å². The van der Waals surface area contributed by atoms with Gasteiger partial charge in [-0.1, -0.05) is 153 Å². The van der Waals surface area contributed by atoms with Crippen molar-refractivity contribution in [3.8, 4) is 39.1 Å². The maximum absolute atomic E-state index is 2.44. The Morgan fingerprint density at radius 3 is 1.77 bits per heavy atom. The molecule has 53 heavy (non-hydrogen) atoms. The fraction of sp³-hybridized carbons (Fsp3) is 0.0588. The Balaban J connectivity index is 1.23. The first-order chi connectivity index (χ1) is 26.1. The Bertz CT molecular complexity index is 2790. The number of para-hydroxylation sites is 1. The first-order valence-electron chi connectivity index (χ1n) is 18.4. The lowest BCUT2D eigenvalue weighted by Gasteiger charge is -2.28. The normalized spacial score (nSPS) is 12.9. The molecule has 0 amide bonds. The molecular formula is C51H38N2. The molecule has 0 N–H and O–H groups in total. The topological polar surface area (TPSA) is 8.17 Å². The maximum atomic E-state index is 2.44. The molecule has 0 atom stereocenters. The van der Waals surface area contributed by atoms with Crippen molar-refractivity contribution in [2.75, 3.05) is 4.90 Å². The third kappa shape index (κ3) is 5.02. The highest BCUT2D eigenvalue weighted by Gasteiger charge is 2.35. The lowest BCUT2D eigenvalue weighted by Crippen LogP contribution is -2.16. The minimum atomic E-state index is -0.114. The lowest BCUT2D eigenvalue weighted by atomic mass is 9.82. The second-order valence-electron chi connectivity index (χ2n) is 14.6. The average molecular weight is 679 g/mol. The predicted octanol–water partition coefficient (Wildman–Crippen LogP) is 13.9. The zero-order valence-electron chi connectivity index (χ0n) is 29.9. The molecule has 0 fully saturated rings. The monoisotopic (exact) mass is 678 g/mol. The minimum Gasteiger partial charge on any atom is -0.310 e. The molecule has 8 aromatic carbocycles. The summed E-state index contributed by atoms with van der Waals surface area (Å²) in [7, 11) is 0. The van der Waals surface area contributed by atoms with Gasteiger partial charge in [0.2, 0.25) is 0 Å². The fourth-order valence-corrected chi connectivity index (χ4v) is 8.64. The van der Waals surface area contributed by atoms with Gasteiger partial charge in [0.25, 0.3) is 0 Å². The molecular weight excluding hydrogens is 641 g/mol. The number of anilines is 3. The molecule has 0 radical (unpaired) electrons. The van der Waals surface area contributed by atoms with Crippen molar-refractivity contribution in [1.82, 2.24) is 4.57 Å². The Kier molecular flexibility index (Phi) is 7.19. The zero-order chi connectivity index (χ0) is 35.5. The van der Waals surface area contributed by atoms with Crippen molar-refractivity contribution < 1.29 is 0 Å². The fourth-order valence-electron chi connectivity index (χ4n) is 8.64. The summed E-state index contributed by atoms with van der Waals surface area (Å²) in [4.78, 5) is 2.44. The highest BCUT2D eigenvalue weighted by molar-refractivity contribution is 6.16. The number of fused-ring (bicyclic) bond motifs is 6. The summed E-state index contributed by atoms with van der Waals surface area (Å²) >= 11 is 0. The molecule has 1 aliphatic rings. The molecule has 0 unspecified atom stereocenters. The SMILES string of the molecule is CC1(C)c2ccccc2-c2ccc(N(c3cccc(-c4ccccc4)c3)c3ccc4c5c(-c6ccccc6)cccc5n(-c5ccccc5)c4c3)cc21. The molecule has 1 heterocycles. The van der Waals surface area contributed by atoms with Crippen LogP contribution >= 0.6 is 0 Å². The molecule has 9 aromatic rings. The van der Waals surface area contributed by atoms with Crippen LogP contribution in [-0.4, -0.2) is 4.57 Å². The molecule has 1 aliphatic carbocycles. The van der Waals surface area contributed by atoms with E-state index in [9.17, 15) is 0 Å². The zero-order valence-corrected chi connectivity index (χ0v) is 29.9. The largest absolute Gasteiger partial charge is 0.310 e. The van der Waals surface area contributed by atoms with Gasteiger partial charge in [-0.2, -0.15) is 0 Å². The molecule has 252 valence electrons. The Morgan fingerprint density at radius 2 is 0.981 bits per heavy atom. The summed E-state index contributed by atoms with van der Waals surface area (Å²) in [6, 6.07) is 70.8. The maximum Gasteiger partial charge on any atom is 0.0562 e. The van der Waals surface area contributed by atoms with E-state index in [1.807, 2.05) is 0 Å². The lowest BCUT2D eigenvalue weighted by molar-refractivity contribution is 0.660. The molecule has 0 saturated heterocycles. The second-order valence-corrected chi connectivity index (χ2v) is 14.6. The van der Waals surface area contributed by atoms with E-state index in [2.05, 4.69) is 217 Å². The summed E-state index contributed by atoms with van der Waals surface area (Å²) in [6.07, 6.45) is 0. The summed E-state index contributed by atoms with van der Waals surface area (Å²) < 4.78 is 2.43. The van der Waals surface area contributed by atoms with Crippen LogP contribution in [0.25, 0.3) is 60.9 Å². The highest BCUT2D eigenvalue weighted by Crippen LogP contribution is 2.51. The van der Waals surface area contributed by atoms with E-state index in [-0.39, 0.29) is 5.41 Å².